The predicted octanol–water partition coefficient (Wildman–Crippen LogP) is 6.10. The van der Waals surface area contributed by atoms with Gasteiger partial charge in [0, 0.05) is 10.0 Å². The van der Waals surface area contributed by atoms with Crippen molar-refractivity contribution in [3.8, 4) is 11.8 Å². The van der Waals surface area contributed by atoms with Crippen molar-refractivity contribution < 1.29 is 4.74 Å². The highest BCUT2D eigenvalue weighted by atomic mass is 35.5. The van der Waals surface area contributed by atoms with Gasteiger partial charge < -0.3 is 10.1 Å². The molecule has 6 heteroatoms. The molecule has 0 aromatic heterocycles. The first-order chi connectivity index (χ1) is 14.6. The average Bonchev–Trinajstić information content (AvgIpc) is 3.20. The molecule has 2 atom stereocenters. The number of amidine groups is 1. The van der Waals surface area contributed by atoms with E-state index in [1.54, 1.807) is 12.1 Å². The number of ether oxygens (including phenoxy) is 1. The highest BCUT2D eigenvalue weighted by molar-refractivity contribution is 6.30. The van der Waals surface area contributed by atoms with Crippen LogP contribution in [0.1, 0.15) is 41.3 Å². The van der Waals surface area contributed by atoms with Gasteiger partial charge in [-0.1, -0.05) is 47.5 Å². The first-order valence-corrected chi connectivity index (χ1v) is 10.4. The van der Waals surface area contributed by atoms with Crippen LogP contribution >= 0.6 is 23.2 Å². The highest BCUT2D eigenvalue weighted by Crippen LogP contribution is 2.39. The minimum absolute atomic E-state index is 0.0800. The number of nitrogens with zero attached hydrogens (tertiary/aromatic N) is 2. The Labute approximate surface area is 185 Å². The van der Waals surface area contributed by atoms with Crippen molar-refractivity contribution in [1.29, 1.82) is 5.26 Å². The summed E-state index contributed by atoms with van der Waals surface area (Å²) in [5, 5.41) is 14.2. The Kier molecular flexibility index (Phi) is 5.94. The summed E-state index contributed by atoms with van der Waals surface area (Å²) in [6.07, 6.45) is 0. The Morgan fingerprint density at radius 3 is 2.20 bits per heavy atom. The van der Waals surface area contributed by atoms with Gasteiger partial charge in [-0.3, -0.25) is 4.99 Å². The molecule has 0 saturated heterocycles. The van der Waals surface area contributed by atoms with Crippen molar-refractivity contribution in [2.75, 3.05) is 6.61 Å². The summed E-state index contributed by atoms with van der Waals surface area (Å²) in [6, 6.07) is 22.8. The number of aliphatic imine (C=N–C) groups is 1. The molecule has 4 nitrogen and oxygen atoms in total. The maximum Gasteiger partial charge on any atom is 0.133 e. The van der Waals surface area contributed by atoms with Gasteiger partial charge in [0.25, 0.3) is 0 Å². The van der Waals surface area contributed by atoms with Crippen LogP contribution in [0.3, 0.4) is 0 Å². The lowest BCUT2D eigenvalue weighted by atomic mass is 9.95. The largest absolute Gasteiger partial charge is 0.493 e. The van der Waals surface area contributed by atoms with Gasteiger partial charge in [-0.25, -0.2) is 0 Å². The number of halogens is 2. The molecule has 0 spiro atoms. The Morgan fingerprint density at radius 2 is 1.60 bits per heavy atom. The minimum Gasteiger partial charge on any atom is -0.493 e. The summed E-state index contributed by atoms with van der Waals surface area (Å²) < 4.78 is 5.80. The van der Waals surface area contributed by atoms with Gasteiger partial charge in [0.2, 0.25) is 0 Å². The third kappa shape index (κ3) is 4.14. The zero-order valence-electron chi connectivity index (χ0n) is 16.3. The first-order valence-electron chi connectivity index (χ1n) is 9.61. The molecule has 2 unspecified atom stereocenters. The summed E-state index contributed by atoms with van der Waals surface area (Å²) >= 11 is 12.2. The Bertz CT molecular complexity index is 1120. The van der Waals surface area contributed by atoms with Crippen LogP contribution in [0, 0.1) is 11.3 Å². The van der Waals surface area contributed by atoms with E-state index in [4.69, 9.17) is 32.9 Å². The zero-order chi connectivity index (χ0) is 21.1. The number of hydrogen-bond acceptors (Lipinski definition) is 4. The molecule has 4 rings (SSSR count). The molecule has 1 aliphatic heterocycles. The smallest absolute Gasteiger partial charge is 0.133 e. The molecule has 0 aliphatic carbocycles. The third-order valence-corrected chi connectivity index (χ3v) is 5.49. The topological polar surface area (TPSA) is 57.4 Å². The summed E-state index contributed by atoms with van der Waals surface area (Å²) in [4.78, 5) is 5.00. The first kappa shape index (κ1) is 20.3. The molecule has 150 valence electrons. The van der Waals surface area contributed by atoms with Crippen LogP contribution in [-0.4, -0.2) is 12.4 Å². The maximum absolute atomic E-state index is 9.24. The standard InChI is InChI=1S/C24H19Cl2N3O/c1-2-30-21-13-15(14-27)3-12-20(21)24-28-22(16-4-8-18(25)9-5-16)23(29-24)17-6-10-19(26)11-7-17/h3-13,22-23H,2H2,1H3,(H,28,29). The lowest BCUT2D eigenvalue weighted by Crippen LogP contribution is -2.25. The maximum atomic E-state index is 9.24. The molecule has 0 amide bonds. The highest BCUT2D eigenvalue weighted by Gasteiger charge is 2.32. The van der Waals surface area contributed by atoms with Gasteiger partial charge in [-0.15, -0.1) is 0 Å². The van der Waals surface area contributed by atoms with E-state index < -0.39 is 0 Å². The number of rotatable bonds is 5. The van der Waals surface area contributed by atoms with E-state index in [1.165, 1.54) is 0 Å². The summed E-state index contributed by atoms with van der Waals surface area (Å²) in [5.41, 5.74) is 3.49. The molecule has 0 saturated carbocycles. The van der Waals surface area contributed by atoms with Crippen LogP contribution in [0.2, 0.25) is 10.0 Å². The van der Waals surface area contributed by atoms with Crippen molar-refractivity contribution in [3.63, 3.8) is 0 Å². The number of benzene rings is 3. The van der Waals surface area contributed by atoms with E-state index in [2.05, 4.69) is 11.4 Å². The van der Waals surface area contributed by atoms with E-state index in [0.717, 1.165) is 22.5 Å². The van der Waals surface area contributed by atoms with Crippen LogP contribution in [-0.2, 0) is 0 Å². The fourth-order valence-electron chi connectivity index (χ4n) is 3.55. The van der Waals surface area contributed by atoms with Crippen LogP contribution in [0.4, 0.5) is 0 Å². The normalized spacial score (nSPS) is 17.7. The van der Waals surface area contributed by atoms with Crippen LogP contribution in [0.15, 0.2) is 71.7 Å². The summed E-state index contributed by atoms with van der Waals surface area (Å²) in [7, 11) is 0. The van der Waals surface area contributed by atoms with E-state index >= 15 is 0 Å². The molecule has 0 fully saturated rings. The third-order valence-electron chi connectivity index (χ3n) is 4.98. The lowest BCUT2D eigenvalue weighted by molar-refractivity contribution is 0.339. The zero-order valence-corrected chi connectivity index (χ0v) is 17.8. The Balaban J connectivity index is 1.78. The van der Waals surface area contributed by atoms with Crippen molar-refractivity contribution in [3.05, 3.63) is 99.0 Å². The average molecular weight is 436 g/mol. The Morgan fingerprint density at radius 1 is 0.967 bits per heavy atom. The van der Waals surface area contributed by atoms with Crippen LogP contribution in [0.25, 0.3) is 0 Å². The molecule has 0 bridgehead atoms. The number of nitrogens with one attached hydrogen (secondary N) is 1. The molecule has 0 radical (unpaired) electrons. The second-order valence-electron chi connectivity index (χ2n) is 6.90. The summed E-state index contributed by atoms with van der Waals surface area (Å²) in [5.74, 6) is 1.36. The van der Waals surface area contributed by atoms with Gasteiger partial charge in [-0.2, -0.15) is 5.26 Å². The molecule has 3 aromatic rings. The van der Waals surface area contributed by atoms with E-state index in [0.29, 0.717) is 28.0 Å². The van der Waals surface area contributed by atoms with E-state index in [1.807, 2.05) is 61.5 Å². The van der Waals surface area contributed by atoms with Gasteiger partial charge in [0.1, 0.15) is 17.6 Å². The van der Waals surface area contributed by atoms with Gasteiger partial charge in [0.15, 0.2) is 0 Å². The second-order valence-corrected chi connectivity index (χ2v) is 7.78. The lowest BCUT2D eigenvalue weighted by Gasteiger charge is -2.20. The van der Waals surface area contributed by atoms with Gasteiger partial charge >= 0.3 is 0 Å². The molecular formula is C24H19Cl2N3O. The van der Waals surface area contributed by atoms with E-state index in [-0.39, 0.29) is 12.1 Å². The molecule has 30 heavy (non-hydrogen) atoms. The van der Waals surface area contributed by atoms with E-state index in [9.17, 15) is 5.26 Å². The molecule has 1 N–H and O–H groups in total. The van der Waals surface area contributed by atoms with Crippen molar-refractivity contribution in [2.45, 2.75) is 19.0 Å². The number of hydrogen-bond donors (Lipinski definition) is 1. The molecule has 1 aliphatic rings. The van der Waals surface area contributed by atoms with Gasteiger partial charge in [-0.05, 0) is 60.5 Å². The van der Waals surface area contributed by atoms with Crippen LogP contribution < -0.4 is 10.1 Å². The fourth-order valence-corrected chi connectivity index (χ4v) is 3.80. The molecule has 3 aromatic carbocycles. The Hall–Kier alpha value is -3.00. The summed E-state index contributed by atoms with van der Waals surface area (Å²) in [6.45, 7) is 2.41. The quantitative estimate of drug-likeness (QED) is 0.526. The molecular weight excluding hydrogens is 417 g/mol. The number of nitriles is 1. The SMILES string of the molecule is CCOc1cc(C#N)ccc1C1=NC(c2ccc(Cl)cc2)C(c2ccc(Cl)cc2)N1. The van der Waals surface area contributed by atoms with Gasteiger partial charge in [0.05, 0.1) is 29.8 Å². The van der Waals surface area contributed by atoms with Crippen LogP contribution in [0.5, 0.6) is 5.75 Å². The van der Waals surface area contributed by atoms with Crippen molar-refractivity contribution in [2.24, 2.45) is 4.99 Å². The monoisotopic (exact) mass is 435 g/mol. The predicted molar refractivity (Wildman–Crippen MR) is 120 cm³/mol. The van der Waals surface area contributed by atoms with Crippen molar-refractivity contribution in [1.82, 2.24) is 5.32 Å². The second kappa shape index (κ2) is 8.79. The fraction of sp³-hybridized carbons (Fsp3) is 0.167. The molecule has 1 heterocycles. The van der Waals surface area contributed by atoms with Crippen molar-refractivity contribution >= 4 is 29.0 Å². The minimum atomic E-state index is -0.149.